The third-order valence-corrected chi connectivity index (χ3v) is 4.60. The van der Waals surface area contributed by atoms with Gasteiger partial charge < -0.3 is 4.52 Å². The Hall–Kier alpha value is -1.99. The first kappa shape index (κ1) is 16.9. The molecular weight excluding hydrogens is 348 g/mol. The molecule has 0 bridgehead atoms. The van der Waals surface area contributed by atoms with E-state index in [9.17, 15) is 0 Å². The number of aromatic nitrogens is 1. The van der Waals surface area contributed by atoms with E-state index < -0.39 is 0 Å². The van der Waals surface area contributed by atoms with E-state index in [0.29, 0.717) is 0 Å². The largest absolute Gasteiger partial charge is 0.365 e. The summed E-state index contributed by atoms with van der Waals surface area (Å²) in [6.07, 6.45) is 8.31. The smallest absolute Gasteiger partial charge is 0.123 e. The van der Waals surface area contributed by atoms with E-state index >= 15 is 0 Å². The third kappa shape index (κ3) is 3.27. The van der Waals surface area contributed by atoms with Crippen LogP contribution in [0.5, 0.6) is 0 Å². The van der Waals surface area contributed by atoms with E-state index in [4.69, 9.17) is 0 Å². The summed E-state index contributed by atoms with van der Waals surface area (Å²) in [6, 6.07) is 19.7. The fraction of sp³-hybridized carbons (Fsp3) is 0.190. The minimum Gasteiger partial charge on any atom is -0.365 e. The maximum atomic E-state index is 4.33. The molecule has 0 amide bonds. The second-order valence-corrected chi connectivity index (χ2v) is 5.98. The third-order valence-electron chi connectivity index (χ3n) is 4.60. The number of fused-ring (bicyclic) bond motifs is 5. The van der Waals surface area contributed by atoms with Crippen molar-refractivity contribution in [3.8, 4) is 0 Å². The Balaban J connectivity index is 0.000000245. The van der Waals surface area contributed by atoms with Gasteiger partial charge in [0.25, 0.3) is 0 Å². The van der Waals surface area contributed by atoms with Crippen molar-refractivity contribution in [3.63, 3.8) is 0 Å². The first-order valence-electron chi connectivity index (χ1n) is 8.20. The van der Waals surface area contributed by atoms with E-state index in [-0.39, 0.29) is 19.5 Å². The van der Waals surface area contributed by atoms with Crippen LogP contribution in [0.1, 0.15) is 24.0 Å². The van der Waals surface area contributed by atoms with Crippen LogP contribution in [-0.2, 0) is 32.3 Å². The van der Waals surface area contributed by atoms with Gasteiger partial charge in [-0.15, -0.1) is 0 Å². The Morgan fingerprint density at radius 2 is 1.58 bits per heavy atom. The molecule has 0 radical (unpaired) electrons. The SMILES string of the molecule is [Zn].c1ccc2c(c1)ccc1c3c(ccc12)CCCC3.c1cnoc1. The van der Waals surface area contributed by atoms with Crippen LogP contribution >= 0.6 is 0 Å². The molecule has 0 saturated carbocycles. The van der Waals surface area contributed by atoms with Gasteiger partial charge in [-0.2, -0.15) is 0 Å². The van der Waals surface area contributed by atoms with Gasteiger partial charge in [0.2, 0.25) is 0 Å². The molecule has 0 spiro atoms. The summed E-state index contributed by atoms with van der Waals surface area (Å²) in [7, 11) is 0. The van der Waals surface area contributed by atoms with Gasteiger partial charge in [0.1, 0.15) is 6.26 Å². The summed E-state index contributed by atoms with van der Waals surface area (Å²) in [5.41, 5.74) is 3.17. The van der Waals surface area contributed by atoms with Crippen LogP contribution < -0.4 is 0 Å². The molecule has 116 valence electrons. The van der Waals surface area contributed by atoms with Gasteiger partial charge >= 0.3 is 0 Å². The summed E-state index contributed by atoms with van der Waals surface area (Å²) < 4.78 is 4.33. The number of benzene rings is 3. The fourth-order valence-corrected chi connectivity index (χ4v) is 3.52. The molecular formula is C21H19NOZn. The number of hydrogen-bond acceptors (Lipinski definition) is 2. The zero-order valence-electron chi connectivity index (χ0n) is 13.7. The van der Waals surface area contributed by atoms with E-state index in [1.54, 1.807) is 23.4 Å². The molecule has 3 heteroatoms. The maximum absolute atomic E-state index is 4.33. The van der Waals surface area contributed by atoms with Crippen LogP contribution in [0.15, 0.2) is 71.6 Å². The Kier molecular flexibility index (Phi) is 5.42. The van der Waals surface area contributed by atoms with Crippen LogP contribution in [0, 0.1) is 0 Å². The van der Waals surface area contributed by atoms with E-state index in [2.05, 4.69) is 58.2 Å². The quantitative estimate of drug-likeness (QED) is 0.301. The van der Waals surface area contributed by atoms with Crippen molar-refractivity contribution in [3.05, 3.63) is 78.2 Å². The summed E-state index contributed by atoms with van der Waals surface area (Å²) in [5.74, 6) is 0. The molecule has 0 fully saturated rings. The van der Waals surface area contributed by atoms with Crippen molar-refractivity contribution in [2.75, 3.05) is 0 Å². The first-order valence-corrected chi connectivity index (χ1v) is 8.20. The van der Waals surface area contributed by atoms with Gasteiger partial charge in [0.15, 0.2) is 0 Å². The molecule has 1 aliphatic rings. The molecule has 1 heterocycles. The molecule has 3 aromatic carbocycles. The molecule has 0 aliphatic heterocycles. The second kappa shape index (κ2) is 7.72. The van der Waals surface area contributed by atoms with Crippen molar-refractivity contribution < 1.29 is 24.0 Å². The fourth-order valence-electron chi connectivity index (χ4n) is 3.52. The van der Waals surface area contributed by atoms with Crippen molar-refractivity contribution in [2.24, 2.45) is 0 Å². The molecule has 1 aromatic heterocycles. The standard InChI is InChI=1S/C18H16.C3H3NO.Zn/c1-3-7-15-13(5-1)9-11-18-16-8-4-2-6-14(16)10-12-17(15)18;1-2-4-5-3-1;/h1,3,5,7,9-12H,2,4,6,8H2;1-3H;. The van der Waals surface area contributed by atoms with Crippen LogP contribution in [0.25, 0.3) is 21.5 Å². The van der Waals surface area contributed by atoms with Gasteiger partial charge in [0.05, 0.1) is 6.20 Å². The molecule has 5 rings (SSSR count). The van der Waals surface area contributed by atoms with Gasteiger partial charge in [-0.25, -0.2) is 0 Å². The predicted octanol–water partition coefficient (Wildman–Crippen LogP) is 5.54. The Morgan fingerprint density at radius 3 is 2.38 bits per heavy atom. The number of hydrogen-bond donors (Lipinski definition) is 0. The van der Waals surface area contributed by atoms with Crippen molar-refractivity contribution in [2.45, 2.75) is 25.7 Å². The topological polar surface area (TPSA) is 26.0 Å². The van der Waals surface area contributed by atoms with Crippen LogP contribution in [0.2, 0.25) is 0 Å². The Labute approximate surface area is 154 Å². The average Bonchev–Trinajstić information content (AvgIpc) is 3.21. The predicted molar refractivity (Wildman–Crippen MR) is 94.6 cm³/mol. The van der Waals surface area contributed by atoms with Gasteiger partial charge in [0, 0.05) is 19.5 Å². The summed E-state index contributed by atoms with van der Waals surface area (Å²) in [5, 5.41) is 8.99. The second-order valence-electron chi connectivity index (χ2n) is 5.98. The molecule has 0 N–H and O–H groups in total. The van der Waals surface area contributed by atoms with Gasteiger partial charge in [-0.05, 0) is 64.4 Å². The monoisotopic (exact) mass is 365 g/mol. The molecule has 4 aromatic rings. The minimum atomic E-state index is 0. The minimum absolute atomic E-state index is 0. The van der Waals surface area contributed by atoms with Crippen LogP contribution in [0.3, 0.4) is 0 Å². The molecule has 0 saturated heterocycles. The van der Waals surface area contributed by atoms with Crippen molar-refractivity contribution in [1.29, 1.82) is 0 Å². The van der Waals surface area contributed by atoms with E-state index in [1.165, 1.54) is 53.5 Å². The normalized spacial score (nSPS) is 12.8. The van der Waals surface area contributed by atoms with Gasteiger partial charge in [-0.3, -0.25) is 0 Å². The molecule has 2 nitrogen and oxygen atoms in total. The van der Waals surface area contributed by atoms with Crippen LogP contribution in [0.4, 0.5) is 0 Å². The molecule has 1 aliphatic carbocycles. The zero-order valence-corrected chi connectivity index (χ0v) is 16.7. The van der Waals surface area contributed by atoms with Crippen LogP contribution in [-0.4, -0.2) is 5.16 Å². The van der Waals surface area contributed by atoms with Crippen molar-refractivity contribution >= 4 is 21.5 Å². The molecule has 0 atom stereocenters. The number of rotatable bonds is 0. The van der Waals surface area contributed by atoms with Gasteiger partial charge in [-0.1, -0.05) is 53.7 Å². The van der Waals surface area contributed by atoms with E-state index in [0.717, 1.165) is 0 Å². The maximum Gasteiger partial charge on any atom is 0.123 e. The Morgan fingerprint density at radius 1 is 0.750 bits per heavy atom. The Bertz CT molecular complexity index is 914. The summed E-state index contributed by atoms with van der Waals surface area (Å²) >= 11 is 0. The average molecular weight is 367 g/mol. The van der Waals surface area contributed by atoms with Crippen molar-refractivity contribution in [1.82, 2.24) is 5.16 Å². The first-order chi connectivity index (χ1) is 11.4. The summed E-state index contributed by atoms with van der Waals surface area (Å²) in [6.45, 7) is 0. The zero-order chi connectivity index (χ0) is 15.5. The molecule has 24 heavy (non-hydrogen) atoms. The van der Waals surface area contributed by atoms with E-state index in [1.807, 2.05) is 0 Å². The number of aryl methyl sites for hydroxylation is 2. The molecule has 0 unspecified atom stereocenters. The summed E-state index contributed by atoms with van der Waals surface area (Å²) in [4.78, 5) is 0. The number of nitrogens with zero attached hydrogens (tertiary/aromatic N) is 1.